The van der Waals surface area contributed by atoms with Crippen LogP contribution < -0.4 is 10.1 Å². The van der Waals surface area contributed by atoms with E-state index in [1.165, 1.54) is 31.2 Å². The second-order valence-corrected chi connectivity index (χ2v) is 6.11. The highest BCUT2D eigenvalue weighted by molar-refractivity contribution is 5.25. The molecule has 1 saturated carbocycles. The summed E-state index contributed by atoms with van der Waals surface area (Å²) >= 11 is 0. The average Bonchev–Trinajstić information content (AvgIpc) is 3.36. The van der Waals surface area contributed by atoms with Crippen LogP contribution in [0.15, 0.2) is 12.1 Å². The zero-order valence-corrected chi connectivity index (χ0v) is 12.9. The first kappa shape index (κ1) is 14.8. The summed E-state index contributed by atoms with van der Waals surface area (Å²) in [5.74, 6) is 0.746. The largest absolute Gasteiger partial charge is 0.475 e. The molecule has 0 amide bonds. The van der Waals surface area contributed by atoms with Gasteiger partial charge < -0.3 is 14.8 Å². The van der Waals surface area contributed by atoms with Gasteiger partial charge in [0.25, 0.3) is 0 Å². The van der Waals surface area contributed by atoms with Crippen LogP contribution in [-0.2, 0) is 17.7 Å². The van der Waals surface area contributed by atoms with Crippen molar-refractivity contribution < 1.29 is 9.47 Å². The van der Waals surface area contributed by atoms with Crippen LogP contribution in [0.3, 0.4) is 0 Å². The molecular formula is C17H26N2O2. The lowest BCUT2D eigenvalue weighted by Crippen LogP contribution is -2.26. The number of hydrogen-bond acceptors (Lipinski definition) is 4. The number of ether oxygens (including phenoxy) is 2. The zero-order valence-electron chi connectivity index (χ0n) is 12.9. The molecule has 4 heteroatoms. The predicted octanol–water partition coefficient (Wildman–Crippen LogP) is 2.84. The van der Waals surface area contributed by atoms with Crippen molar-refractivity contribution in [2.24, 2.45) is 0 Å². The first-order valence-electron chi connectivity index (χ1n) is 8.31. The van der Waals surface area contributed by atoms with Crippen LogP contribution in [0.25, 0.3) is 0 Å². The molecule has 1 unspecified atom stereocenters. The molecule has 1 aromatic rings. The highest BCUT2D eigenvalue weighted by Gasteiger charge is 2.20. The summed E-state index contributed by atoms with van der Waals surface area (Å²) in [4.78, 5) is 4.57. The third-order valence-corrected chi connectivity index (χ3v) is 4.14. The fourth-order valence-corrected chi connectivity index (χ4v) is 2.64. The van der Waals surface area contributed by atoms with Gasteiger partial charge in [0.15, 0.2) is 0 Å². The van der Waals surface area contributed by atoms with E-state index in [0.29, 0.717) is 6.61 Å². The Balaban J connectivity index is 1.57. The molecule has 1 atom stereocenters. The van der Waals surface area contributed by atoms with Gasteiger partial charge >= 0.3 is 0 Å². The lowest BCUT2D eigenvalue weighted by Gasteiger charge is -2.22. The number of pyridine rings is 1. The molecule has 1 aliphatic carbocycles. The number of nitrogens with one attached hydrogen (secondary N) is 1. The van der Waals surface area contributed by atoms with Gasteiger partial charge in [-0.1, -0.05) is 6.92 Å². The van der Waals surface area contributed by atoms with Gasteiger partial charge in [-0.15, -0.1) is 0 Å². The fraction of sp³-hybridized carbons (Fsp3) is 0.706. The van der Waals surface area contributed by atoms with Gasteiger partial charge in [0.05, 0.1) is 6.10 Å². The van der Waals surface area contributed by atoms with E-state index < -0.39 is 0 Å². The van der Waals surface area contributed by atoms with Gasteiger partial charge in [-0.3, -0.25) is 0 Å². The quantitative estimate of drug-likeness (QED) is 0.838. The Morgan fingerprint density at radius 1 is 1.29 bits per heavy atom. The van der Waals surface area contributed by atoms with E-state index in [2.05, 4.69) is 29.4 Å². The van der Waals surface area contributed by atoms with Crippen molar-refractivity contribution in [1.82, 2.24) is 10.3 Å². The predicted molar refractivity (Wildman–Crippen MR) is 82.6 cm³/mol. The summed E-state index contributed by atoms with van der Waals surface area (Å²) in [6.07, 6.45) is 7.32. The van der Waals surface area contributed by atoms with E-state index in [0.717, 1.165) is 43.6 Å². The summed E-state index contributed by atoms with van der Waals surface area (Å²) < 4.78 is 11.6. The van der Waals surface area contributed by atoms with Crippen LogP contribution in [0.5, 0.6) is 5.88 Å². The minimum atomic E-state index is 0.235. The molecule has 1 N–H and O–H groups in total. The Kier molecular flexibility index (Phi) is 5.09. The molecule has 2 fully saturated rings. The van der Waals surface area contributed by atoms with Gasteiger partial charge in [0, 0.05) is 31.0 Å². The minimum Gasteiger partial charge on any atom is -0.475 e. The molecule has 0 aromatic carbocycles. The van der Waals surface area contributed by atoms with Crippen LogP contribution in [0, 0.1) is 0 Å². The summed E-state index contributed by atoms with van der Waals surface area (Å²) in [7, 11) is 0. The van der Waals surface area contributed by atoms with Crippen molar-refractivity contribution in [1.29, 1.82) is 0 Å². The van der Waals surface area contributed by atoms with Crippen LogP contribution >= 0.6 is 0 Å². The maximum absolute atomic E-state index is 5.89. The standard InChI is InChI=1S/C17H26N2O2/c1-2-14-9-13(11-18-15-6-7-15)10-17(19-14)21-12-16-5-3-4-8-20-16/h9-10,15-16,18H,2-8,11-12H2,1H3. The molecule has 21 heavy (non-hydrogen) atoms. The number of hydrogen-bond donors (Lipinski definition) is 1. The van der Waals surface area contributed by atoms with Crippen LogP contribution in [0.2, 0.25) is 0 Å². The topological polar surface area (TPSA) is 43.4 Å². The van der Waals surface area contributed by atoms with Crippen LogP contribution in [0.4, 0.5) is 0 Å². The molecule has 2 aliphatic rings. The Hall–Kier alpha value is -1.13. The van der Waals surface area contributed by atoms with Gasteiger partial charge in [0.1, 0.15) is 6.61 Å². The lowest BCUT2D eigenvalue weighted by molar-refractivity contribution is -0.0119. The summed E-state index contributed by atoms with van der Waals surface area (Å²) in [6.45, 7) is 4.54. The van der Waals surface area contributed by atoms with E-state index in [4.69, 9.17) is 9.47 Å². The first-order valence-corrected chi connectivity index (χ1v) is 8.31. The van der Waals surface area contributed by atoms with E-state index in [1.807, 2.05) is 0 Å². The number of aromatic nitrogens is 1. The molecule has 2 heterocycles. The van der Waals surface area contributed by atoms with Crippen LogP contribution in [-0.4, -0.2) is 30.3 Å². The smallest absolute Gasteiger partial charge is 0.213 e. The summed E-state index contributed by atoms with van der Waals surface area (Å²) in [5.41, 5.74) is 2.37. The molecule has 1 aromatic heterocycles. The Labute approximate surface area is 127 Å². The highest BCUT2D eigenvalue weighted by atomic mass is 16.5. The average molecular weight is 290 g/mol. The molecule has 1 aliphatic heterocycles. The van der Waals surface area contributed by atoms with Gasteiger partial charge in [-0.25, -0.2) is 4.98 Å². The highest BCUT2D eigenvalue weighted by Crippen LogP contribution is 2.21. The maximum Gasteiger partial charge on any atom is 0.213 e. The van der Waals surface area contributed by atoms with Crippen LogP contribution in [0.1, 0.15) is 50.3 Å². The molecular weight excluding hydrogens is 264 g/mol. The molecule has 0 bridgehead atoms. The maximum atomic E-state index is 5.89. The van der Waals surface area contributed by atoms with Crippen molar-refractivity contribution >= 4 is 0 Å². The van der Waals surface area contributed by atoms with E-state index >= 15 is 0 Å². The van der Waals surface area contributed by atoms with E-state index in [-0.39, 0.29) is 6.10 Å². The minimum absolute atomic E-state index is 0.235. The molecule has 116 valence electrons. The molecule has 1 saturated heterocycles. The van der Waals surface area contributed by atoms with Crippen molar-refractivity contribution in [3.63, 3.8) is 0 Å². The van der Waals surface area contributed by atoms with Gasteiger partial charge in [-0.05, 0) is 50.2 Å². The Bertz CT molecular complexity index is 454. The molecule has 3 rings (SSSR count). The third kappa shape index (κ3) is 4.68. The number of aryl methyl sites for hydroxylation is 1. The zero-order chi connectivity index (χ0) is 14.5. The monoisotopic (exact) mass is 290 g/mol. The van der Waals surface area contributed by atoms with Crippen molar-refractivity contribution in [2.75, 3.05) is 13.2 Å². The third-order valence-electron chi connectivity index (χ3n) is 4.14. The second kappa shape index (κ2) is 7.23. The fourth-order valence-electron chi connectivity index (χ4n) is 2.64. The van der Waals surface area contributed by atoms with Crippen molar-refractivity contribution in [3.05, 3.63) is 23.4 Å². The molecule has 0 radical (unpaired) electrons. The number of rotatable bonds is 7. The van der Waals surface area contributed by atoms with Crippen molar-refractivity contribution in [3.8, 4) is 5.88 Å². The van der Waals surface area contributed by atoms with E-state index in [1.54, 1.807) is 0 Å². The van der Waals surface area contributed by atoms with Crippen molar-refractivity contribution in [2.45, 2.75) is 64.1 Å². The lowest BCUT2D eigenvalue weighted by atomic mass is 10.1. The SMILES string of the molecule is CCc1cc(CNC2CC2)cc(OCC2CCCCO2)n1. The van der Waals surface area contributed by atoms with E-state index in [9.17, 15) is 0 Å². The normalized spacial score (nSPS) is 22.2. The number of nitrogens with zero attached hydrogens (tertiary/aromatic N) is 1. The Morgan fingerprint density at radius 3 is 2.90 bits per heavy atom. The molecule has 0 spiro atoms. The first-order chi connectivity index (χ1) is 10.3. The van der Waals surface area contributed by atoms with Gasteiger partial charge in [0.2, 0.25) is 5.88 Å². The second-order valence-electron chi connectivity index (χ2n) is 6.11. The van der Waals surface area contributed by atoms with Gasteiger partial charge in [-0.2, -0.15) is 0 Å². The summed E-state index contributed by atoms with van der Waals surface area (Å²) in [5, 5.41) is 3.55. The molecule has 4 nitrogen and oxygen atoms in total. The Morgan fingerprint density at radius 2 is 2.19 bits per heavy atom. The summed E-state index contributed by atoms with van der Waals surface area (Å²) in [6, 6.07) is 4.97.